The van der Waals surface area contributed by atoms with Crippen LogP contribution in [0.4, 0.5) is 0 Å². The molecule has 0 rings (SSSR count). The third kappa shape index (κ3) is 900. The van der Waals surface area contributed by atoms with Crippen LogP contribution in [0.1, 0.15) is 0 Å². The first kappa shape index (κ1) is 37.7. The molecule has 0 radical (unpaired) electrons. The van der Waals surface area contributed by atoms with Crippen molar-refractivity contribution >= 4 is 100 Å². The second-order valence-electron chi connectivity index (χ2n) is 2.21. The lowest BCUT2D eigenvalue weighted by atomic mass is 11.8. The molecule has 0 aromatic rings. The quantitative estimate of drug-likeness (QED) is 0.233. The van der Waals surface area contributed by atoms with Crippen molar-refractivity contribution in [2.45, 2.75) is 0 Å². The molecular weight excluding hydrogens is 590 g/mol. The highest BCUT2D eigenvalue weighted by molar-refractivity contribution is 8.10. The van der Waals surface area contributed by atoms with Gasteiger partial charge in [0.15, 0.2) is 0 Å². The Bertz CT molecular complexity index is 708. The Kier molecular flexibility index (Phi) is 23.0. The van der Waals surface area contributed by atoms with E-state index in [0.717, 1.165) is 7.11 Å². The molecule has 0 fully saturated rings. The van der Waals surface area contributed by atoms with Gasteiger partial charge in [-0.15, -0.1) is 0 Å². The van der Waals surface area contributed by atoms with E-state index in [1.165, 1.54) is 0 Å². The smallest absolute Gasteiger partial charge is 0.273 e. The van der Waals surface area contributed by atoms with Crippen molar-refractivity contribution in [2.75, 3.05) is 7.11 Å². The van der Waals surface area contributed by atoms with Crippen LogP contribution in [0.5, 0.6) is 0 Å². The largest absolute Gasteiger partial charge is 0.355 e. The summed E-state index contributed by atoms with van der Waals surface area (Å²) in [4.78, 5) is 0. The number of rotatable bonds is 1. The summed E-state index contributed by atoms with van der Waals surface area (Å²) < 4.78 is 123. The zero-order valence-electron chi connectivity index (χ0n) is 11.2. The molecule has 0 bridgehead atoms. The zero-order valence-corrected chi connectivity index (χ0v) is 19.1. The molecule has 0 unspecified atom stereocenters. The van der Waals surface area contributed by atoms with Gasteiger partial charge >= 0.3 is 46.7 Å². The van der Waals surface area contributed by atoms with Crippen molar-refractivity contribution in [2.24, 2.45) is 0 Å². The van der Waals surface area contributed by atoms with E-state index in [9.17, 15) is 8.42 Å². The Morgan fingerprint density at radius 3 is 0.538 bits per heavy atom. The SMILES string of the molecule is COS(=O)(=O)Cl.O=S(=O)(O)Cl.O=S(=O)(O)Cl.O=S(=O)(O)Cl.O=S(=O)(O)Cl. The molecule has 166 valence electrons. The summed E-state index contributed by atoms with van der Waals surface area (Å²) in [5.41, 5.74) is 0. The third-order valence-electron chi connectivity index (χ3n) is 0.199. The van der Waals surface area contributed by atoms with Crippen molar-refractivity contribution in [3.05, 3.63) is 0 Å². The molecular formula is CH7Cl5O15S5. The van der Waals surface area contributed by atoms with Crippen molar-refractivity contribution in [1.82, 2.24) is 0 Å². The van der Waals surface area contributed by atoms with Gasteiger partial charge in [-0.1, -0.05) is 0 Å². The van der Waals surface area contributed by atoms with E-state index in [1.54, 1.807) is 0 Å². The topological polar surface area (TPSA) is 261 Å². The van der Waals surface area contributed by atoms with Crippen LogP contribution in [0.3, 0.4) is 0 Å². The molecule has 25 heteroatoms. The predicted molar refractivity (Wildman–Crippen MR) is 91.4 cm³/mol. The molecule has 0 saturated heterocycles. The van der Waals surface area contributed by atoms with Gasteiger partial charge in [0.05, 0.1) is 7.11 Å². The van der Waals surface area contributed by atoms with E-state index >= 15 is 0 Å². The second kappa shape index (κ2) is 15.9. The normalized spacial score (nSPS) is 11.6. The maximum atomic E-state index is 9.54. The lowest BCUT2D eigenvalue weighted by Crippen LogP contribution is -1.87. The molecule has 0 aliphatic rings. The van der Waals surface area contributed by atoms with E-state index in [0.29, 0.717) is 0 Å². The van der Waals surface area contributed by atoms with Gasteiger partial charge in [0.1, 0.15) is 0 Å². The minimum Gasteiger partial charge on any atom is -0.273 e. The van der Waals surface area contributed by atoms with Crippen molar-refractivity contribution in [3.8, 4) is 0 Å². The first-order valence-electron chi connectivity index (χ1n) is 3.74. The Balaban J connectivity index is -0.0000000708. The maximum Gasteiger partial charge on any atom is 0.355 e. The minimum atomic E-state index is -4.19. The van der Waals surface area contributed by atoms with Gasteiger partial charge in [-0.05, 0) is 0 Å². The minimum absolute atomic E-state index is 0.988. The molecule has 0 aliphatic heterocycles. The highest BCUT2D eigenvalue weighted by Crippen LogP contribution is 1.92. The van der Waals surface area contributed by atoms with Crippen LogP contribution in [0.2, 0.25) is 0 Å². The number of hydrogen-bond donors (Lipinski definition) is 4. The predicted octanol–water partition coefficient (Wildman–Crippen LogP) is 0.228. The Morgan fingerprint density at radius 2 is 0.538 bits per heavy atom. The van der Waals surface area contributed by atoms with Crippen molar-refractivity contribution in [3.63, 3.8) is 0 Å². The summed E-state index contributed by atoms with van der Waals surface area (Å²) in [7, 11) is 1.22. The molecule has 0 aromatic heterocycles. The van der Waals surface area contributed by atoms with Crippen LogP contribution >= 0.6 is 53.4 Å². The lowest BCUT2D eigenvalue weighted by Gasteiger charge is -1.80. The standard InChI is InChI=1S/CH3ClO3S.4ClHO3S/c1-5-6(2,3)4;4*1-5(2,3)4/h1H3;4*(H,2,3,4). The van der Waals surface area contributed by atoms with Gasteiger partial charge in [-0.3, -0.25) is 22.4 Å². The molecule has 0 heterocycles. The van der Waals surface area contributed by atoms with Crippen LogP contribution in [-0.4, -0.2) is 67.4 Å². The average Bonchev–Trinajstić information content (AvgIpc) is 2.04. The van der Waals surface area contributed by atoms with E-state index in [1.807, 2.05) is 0 Å². The van der Waals surface area contributed by atoms with Crippen LogP contribution in [-0.2, 0) is 50.8 Å². The lowest BCUT2D eigenvalue weighted by molar-refractivity contribution is 0.412. The molecule has 26 heavy (non-hydrogen) atoms. The monoisotopic (exact) mass is 594 g/mol. The fraction of sp³-hybridized carbons (Fsp3) is 1.00. The highest BCUT2D eigenvalue weighted by Gasteiger charge is 1.95. The molecule has 0 amide bonds. The van der Waals surface area contributed by atoms with E-state index in [4.69, 9.17) is 51.9 Å². The molecule has 15 nitrogen and oxygen atoms in total. The van der Waals surface area contributed by atoms with Crippen molar-refractivity contribution < 1.29 is 64.5 Å². The van der Waals surface area contributed by atoms with Crippen LogP contribution < -0.4 is 0 Å². The first-order chi connectivity index (χ1) is 10.6. The molecule has 0 spiro atoms. The fourth-order valence-corrected chi connectivity index (χ4v) is 0. The molecule has 4 N–H and O–H groups in total. The zero-order chi connectivity index (χ0) is 23.2. The van der Waals surface area contributed by atoms with Gasteiger partial charge in [0.25, 0.3) is 0 Å². The Labute approximate surface area is 170 Å². The Morgan fingerprint density at radius 1 is 0.500 bits per heavy atom. The summed E-state index contributed by atoms with van der Waals surface area (Å²) in [6.45, 7) is 0. The molecule has 0 atom stereocenters. The van der Waals surface area contributed by atoms with Gasteiger partial charge in [-0.25, -0.2) is 0 Å². The summed E-state index contributed by atoms with van der Waals surface area (Å²) in [5.74, 6) is 0. The van der Waals surface area contributed by atoms with Crippen LogP contribution in [0.25, 0.3) is 0 Å². The summed E-state index contributed by atoms with van der Waals surface area (Å²) in [6.07, 6.45) is 0. The maximum absolute atomic E-state index is 9.54. The van der Waals surface area contributed by atoms with Gasteiger partial charge in [-0.2, -0.15) is 42.1 Å². The number of hydrogen-bond acceptors (Lipinski definition) is 11. The van der Waals surface area contributed by atoms with Crippen LogP contribution in [0, 0.1) is 0 Å². The fourth-order valence-electron chi connectivity index (χ4n) is 0. The molecule has 0 aliphatic carbocycles. The summed E-state index contributed by atoms with van der Waals surface area (Å²) in [5, 5.41) is 0. The van der Waals surface area contributed by atoms with Crippen LogP contribution in [0.15, 0.2) is 0 Å². The van der Waals surface area contributed by atoms with E-state index < -0.39 is 46.7 Å². The third-order valence-corrected chi connectivity index (χ3v) is 0.975. The summed E-state index contributed by atoms with van der Waals surface area (Å²) >= 11 is 0. The first-order valence-corrected chi connectivity index (χ1v) is 15.0. The highest BCUT2D eigenvalue weighted by atomic mass is 35.7. The number of halogens is 5. The average molecular weight is 597 g/mol. The van der Waals surface area contributed by atoms with Crippen molar-refractivity contribution in [1.29, 1.82) is 0 Å². The van der Waals surface area contributed by atoms with Gasteiger partial charge in [0, 0.05) is 53.4 Å². The van der Waals surface area contributed by atoms with Gasteiger partial charge in [0.2, 0.25) is 0 Å². The van der Waals surface area contributed by atoms with E-state index in [2.05, 4.69) is 57.6 Å². The molecule has 0 aromatic carbocycles. The van der Waals surface area contributed by atoms with Gasteiger partial charge < -0.3 is 0 Å². The second-order valence-corrected chi connectivity index (χ2v) is 12.4. The Hall–Kier alpha value is 1.000. The van der Waals surface area contributed by atoms with E-state index in [-0.39, 0.29) is 0 Å². The summed E-state index contributed by atoms with van der Waals surface area (Å²) in [6, 6.07) is 0. The molecule has 0 saturated carbocycles.